The summed E-state index contributed by atoms with van der Waals surface area (Å²) in [5, 5.41) is 11.1. The molecule has 2 aromatic rings. The Morgan fingerprint density at radius 2 is 1.89 bits per heavy atom. The van der Waals surface area contributed by atoms with Gasteiger partial charge in [0.1, 0.15) is 6.04 Å². The van der Waals surface area contributed by atoms with Crippen LogP contribution in [-0.4, -0.2) is 32.0 Å². The Morgan fingerprint density at radius 1 is 1.22 bits per heavy atom. The van der Waals surface area contributed by atoms with E-state index in [2.05, 4.69) is 4.72 Å². The molecule has 8 nitrogen and oxygen atoms in total. The van der Waals surface area contributed by atoms with E-state index in [4.69, 9.17) is 4.74 Å². The molecule has 1 N–H and O–H groups in total. The van der Waals surface area contributed by atoms with Gasteiger partial charge in [0.2, 0.25) is 15.8 Å². The van der Waals surface area contributed by atoms with Crippen molar-refractivity contribution in [1.29, 1.82) is 0 Å². The van der Waals surface area contributed by atoms with Gasteiger partial charge in [-0.2, -0.15) is 9.11 Å². The lowest BCUT2D eigenvalue weighted by atomic mass is 10.1. The molecule has 0 bridgehead atoms. The molecule has 1 unspecified atom stereocenters. The van der Waals surface area contributed by atoms with E-state index in [1.165, 1.54) is 0 Å². The van der Waals surface area contributed by atoms with Gasteiger partial charge in [0.15, 0.2) is 4.90 Å². The number of nitro benzene ring substituents is 1. The van der Waals surface area contributed by atoms with Crippen LogP contribution in [0.5, 0.6) is 0 Å². The zero-order valence-corrected chi connectivity index (χ0v) is 15.1. The van der Waals surface area contributed by atoms with Gasteiger partial charge in [-0.05, 0) is 31.0 Å². The minimum absolute atomic E-state index is 0.0198. The largest absolute Gasteiger partial charge is 0.465 e. The number of nitro groups is 1. The first kappa shape index (κ1) is 20.5. The highest BCUT2D eigenvalue weighted by molar-refractivity contribution is 7.89. The van der Waals surface area contributed by atoms with E-state index in [0.29, 0.717) is 5.56 Å². The van der Waals surface area contributed by atoms with Gasteiger partial charge in [0.25, 0.3) is 0 Å². The number of ether oxygens (including phenoxy) is 1. The van der Waals surface area contributed by atoms with Crippen LogP contribution in [0.3, 0.4) is 0 Å². The normalized spacial score (nSPS) is 12.4. The number of hydrogen-bond acceptors (Lipinski definition) is 6. The van der Waals surface area contributed by atoms with E-state index in [-0.39, 0.29) is 13.0 Å². The van der Waals surface area contributed by atoms with Crippen LogP contribution >= 0.6 is 0 Å². The molecular formula is C17H17FN2O6S. The average Bonchev–Trinajstić information content (AvgIpc) is 2.61. The van der Waals surface area contributed by atoms with E-state index >= 15 is 0 Å². The number of benzene rings is 2. The van der Waals surface area contributed by atoms with Gasteiger partial charge in [0.05, 0.1) is 11.5 Å². The molecule has 1 atom stereocenters. The maximum atomic E-state index is 13.8. The maximum absolute atomic E-state index is 13.8. The highest BCUT2D eigenvalue weighted by atomic mass is 32.2. The molecule has 0 amide bonds. The van der Waals surface area contributed by atoms with Gasteiger partial charge >= 0.3 is 11.7 Å². The first-order valence-corrected chi connectivity index (χ1v) is 9.40. The Morgan fingerprint density at radius 3 is 2.48 bits per heavy atom. The van der Waals surface area contributed by atoms with Gasteiger partial charge in [-0.3, -0.25) is 14.9 Å². The third-order valence-electron chi connectivity index (χ3n) is 3.57. The van der Waals surface area contributed by atoms with Crippen molar-refractivity contribution in [3.63, 3.8) is 0 Å². The van der Waals surface area contributed by atoms with Gasteiger partial charge < -0.3 is 4.74 Å². The Balaban J connectivity index is 2.40. The molecule has 144 valence electrons. The summed E-state index contributed by atoms with van der Waals surface area (Å²) < 4.78 is 46.0. The van der Waals surface area contributed by atoms with Crippen molar-refractivity contribution in [2.45, 2.75) is 24.3 Å². The summed E-state index contributed by atoms with van der Waals surface area (Å²) in [6.45, 7) is 1.58. The van der Waals surface area contributed by atoms with Crippen molar-refractivity contribution in [2.75, 3.05) is 6.61 Å². The van der Waals surface area contributed by atoms with Crippen molar-refractivity contribution in [1.82, 2.24) is 4.72 Å². The fraction of sp³-hybridized carbons (Fsp3) is 0.235. The zero-order valence-electron chi connectivity index (χ0n) is 14.3. The van der Waals surface area contributed by atoms with Gasteiger partial charge in [-0.15, -0.1) is 0 Å². The van der Waals surface area contributed by atoms with Crippen molar-refractivity contribution >= 4 is 21.7 Å². The quantitative estimate of drug-likeness (QED) is 0.415. The predicted octanol–water partition coefficient (Wildman–Crippen LogP) is 2.19. The number of sulfonamides is 1. The molecule has 0 saturated heterocycles. The second-order valence-corrected chi connectivity index (χ2v) is 7.14. The number of esters is 1. The highest BCUT2D eigenvalue weighted by Gasteiger charge is 2.33. The van der Waals surface area contributed by atoms with Crippen LogP contribution in [0.2, 0.25) is 0 Å². The van der Waals surface area contributed by atoms with Crippen LogP contribution in [-0.2, 0) is 26.0 Å². The third-order valence-corrected chi connectivity index (χ3v) is 5.08. The Hall–Kier alpha value is -2.85. The van der Waals surface area contributed by atoms with E-state index in [0.717, 1.165) is 18.2 Å². The summed E-state index contributed by atoms with van der Waals surface area (Å²) in [5.41, 5.74) is -0.542. The van der Waals surface area contributed by atoms with Crippen LogP contribution in [0.1, 0.15) is 12.5 Å². The van der Waals surface area contributed by atoms with Crippen LogP contribution in [0.15, 0.2) is 53.4 Å². The first-order valence-electron chi connectivity index (χ1n) is 7.92. The fourth-order valence-electron chi connectivity index (χ4n) is 2.41. The van der Waals surface area contributed by atoms with Crippen LogP contribution in [0.25, 0.3) is 0 Å². The molecule has 2 aromatic carbocycles. The summed E-state index contributed by atoms with van der Waals surface area (Å²) in [7, 11) is -4.57. The topological polar surface area (TPSA) is 116 Å². The molecule has 0 aliphatic rings. The smallest absolute Gasteiger partial charge is 0.324 e. The van der Waals surface area contributed by atoms with Crippen LogP contribution < -0.4 is 4.72 Å². The Kier molecular flexibility index (Phi) is 6.59. The number of carbonyl (C=O) groups is 1. The molecule has 0 heterocycles. The number of rotatable bonds is 8. The summed E-state index contributed by atoms with van der Waals surface area (Å²) >= 11 is 0. The van der Waals surface area contributed by atoms with Gasteiger partial charge in [-0.25, -0.2) is 8.42 Å². The molecule has 27 heavy (non-hydrogen) atoms. The lowest BCUT2D eigenvalue weighted by molar-refractivity contribution is -0.390. The van der Waals surface area contributed by atoms with E-state index < -0.39 is 43.4 Å². The maximum Gasteiger partial charge on any atom is 0.324 e. The number of nitrogens with zero attached hydrogens (tertiary/aromatic N) is 1. The summed E-state index contributed by atoms with van der Waals surface area (Å²) in [5.74, 6) is -2.14. The monoisotopic (exact) mass is 396 g/mol. The van der Waals surface area contributed by atoms with Crippen molar-refractivity contribution in [2.24, 2.45) is 0 Å². The fourth-order valence-corrected chi connectivity index (χ4v) is 3.77. The Bertz CT molecular complexity index is 934. The Labute approximate surface area is 155 Å². The summed E-state index contributed by atoms with van der Waals surface area (Å²) in [4.78, 5) is 21.3. The van der Waals surface area contributed by atoms with E-state index in [1.54, 1.807) is 37.3 Å². The number of halogens is 1. The summed E-state index contributed by atoms with van der Waals surface area (Å²) in [6, 6.07) is 9.93. The zero-order chi connectivity index (χ0) is 20.0. The molecule has 0 fully saturated rings. The molecule has 0 aliphatic carbocycles. The van der Waals surface area contributed by atoms with Crippen LogP contribution in [0.4, 0.5) is 10.1 Å². The van der Waals surface area contributed by atoms with Crippen molar-refractivity contribution in [3.05, 3.63) is 70.0 Å². The SMILES string of the molecule is CCOC(=O)C(Cc1ccccc1)NS(=O)(=O)c1cccc(F)c1[N+](=O)[O-]. The molecule has 0 aliphatic heterocycles. The van der Waals surface area contributed by atoms with E-state index in [9.17, 15) is 27.7 Å². The summed E-state index contributed by atoms with van der Waals surface area (Å²) in [6.07, 6.45) is -0.0397. The number of hydrogen-bond donors (Lipinski definition) is 1. The van der Waals surface area contributed by atoms with E-state index in [1.807, 2.05) is 0 Å². The molecule has 0 radical (unpaired) electrons. The highest BCUT2D eigenvalue weighted by Crippen LogP contribution is 2.27. The molecule has 10 heteroatoms. The van der Waals surface area contributed by atoms with Crippen molar-refractivity contribution < 1.29 is 27.3 Å². The van der Waals surface area contributed by atoms with Crippen LogP contribution in [0, 0.1) is 15.9 Å². The second kappa shape index (κ2) is 8.69. The lowest BCUT2D eigenvalue weighted by Gasteiger charge is -2.17. The molecule has 0 aromatic heterocycles. The molecule has 0 spiro atoms. The van der Waals surface area contributed by atoms with Crippen molar-refractivity contribution in [3.8, 4) is 0 Å². The molecular weight excluding hydrogens is 379 g/mol. The third kappa shape index (κ3) is 5.08. The minimum Gasteiger partial charge on any atom is -0.465 e. The second-order valence-electron chi connectivity index (χ2n) is 5.46. The predicted molar refractivity (Wildman–Crippen MR) is 93.9 cm³/mol. The number of carbonyl (C=O) groups excluding carboxylic acids is 1. The number of para-hydroxylation sites is 1. The molecule has 2 rings (SSSR count). The average molecular weight is 396 g/mol. The molecule has 0 saturated carbocycles. The minimum atomic E-state index is -4.57. The lowest BCUT2D eigenvalue weighted by Crippen LogP contribution is -2.43. The standard InChI is InChI=1S/C17H17FN2O6S/c1-2-26-17(21)14(11-12-7-4-3-5-8-12)19-27(24,25)15-10-6-9-13(18)16(15)20(22)23/h3-10,14,19H,2,11H2,1H3. The van der Waals surface area contributed by atoms with Gasteiger partial charge in [-0.1, -0.05) is 36.4 Å². The number of nitrogens with one attached hydrogen (secondary N) is 1. The van der Waals surface area contributed by atoms with Gasteiger partial charge in [0, 0.05) is 0 Å². The first-order chi connectivity index (χ1) is 12.8.